The van der Waals surface area contributed by atoms with Crippen LogP contribution in [0.25, 0.3) is 0 Å². The van der Waals surface area contributed by atoms with Crippen LogP contribution in [-0.2, 0) is 18.4 Å². The third-order valence-corrected chi connectivity index (χ3v) is 14.3. The summed E-state index contributed by atoms with van der Waals surface area (Å²) < 4.78 is 23.0. The lowest BCUT2D eigenvalue weighted by Gasteiger charge is -2.41. The summed E-state index contributed by atoms with van der Waals surface area (Å²) in [5, 5.41) is 64.2. The van der Waals surface area contributed by atoms with Crippen LogP contribution in [0.1, 0.15) is 258 Å². The lowest BCUT2D eigenvalue weighted by atomic mass is 9.85. The molecule has 1 rings (SSSR count). The van der Waals surface area contributed by atoms with E-state index < -0.39 is 63.2 Å². The molecule has 1 saturated carbocycles. The molecule has 1 amide bonds. The second-order valence-corrected chi connectivity index (χ2v) is 20.8. The summed E-state index contributed by atoms with van der Waals surface area (Å²) in [6, 6.07) is -1.11. The molecule has 0 bridgehead atoms. The van der Waals surface area contributed by atoms with Crippen molar-refractivity contribution in [2.24, 2.45) is 0 Å². The van der Waals surface area contributed by atoms with Gasteiger partial charge in [0.1, 0.15) is 36.6 Å². The first-order valence-corrected chi connectivity index (χ1v) is 28.6. The van der Waals surface area contributed by atoms with Gasteiger partial charge in [0, 0.05) is 6.42 Å². The van der Waals surface area contributed by atoms with Crippen molar-refractivity contribution in [1.82, 2.24) is 5.32 Å². The van der Waals surface area contributed by atoms with Crippen LogP contribution in [-0.4, -0.2) is 96.8 Å². The molecular weight excluding hydrogens is 846 g/mol. The summed E-state index contributed by atoms with van der Waals surface area (Å²) in [7, 11) is -5.08. The molecule has 12 nitrogen and oxygen atoms in total. The zero-order valence-corrected chi connectivity index (χ0v) is 42.5. The average Bonchev–Trinajstić information content (AvgIpc) is 3.29. The highest BCUT2D eigenvalue weighted by Crippen LogP contribution is 2.47. The van der Waals surface area contributed by atoms with Crippen molar-refractivity contribution in [2.45, 2.75) is 307 Å². The van der Waals surface area contributed by atoms with Crippen molar-refractivity contribution >= 4 is 13.7 Å². The normalized spacial score (nSPS) is 22.0. The van der Waals surface area contributed by atoms with Gasteiger partial charge in [-0.25, -0.2) is 4.57 Å². The number of aliphatic hydroxyl groups is 6. The first kappa shape index (κ1) is 62.1. The Morgan fingerprint density at radius 3 is 1.17 bits per heavy atom. The molecule has 13 heteroatoms. The van der Waals surface area contributed by atoms with Gasteiger partial charge >= 0.3 is 7.82 Å². The minimum atomic E-state index is -5.08. The predicted molar refractivity (Wildman–Crippen MR) is 265 cm³/mol. The summed E-state index contributed by atoms with van der Waals surface area (Å²) in [4.78, 5) is 23.5. The van der Waals surface area contributed by atoms with E-state index in [1.165, 1.54) is 186 Å². The average molecular weight is 948 g/mol. The molecular formula is C52H102NO11P. The maximum absolute atomic E-state index is 13.0. The fourth-order valence-corrected chi connectivity index (χ4v) is 9.87. The molecule has 0 spiro atoms. The number of allylic oxidation sites excluding steroid dienone is 1. The fourth-order valence-electron chi connectivity index (χ4n) is 8.91. The summed E-state index contributed by atoms with van der Waals surface area (Å²) in [5.74, 6) is -0.335. The van der Waals surface area contributed by atoms with Crippen LogP contribution in [0.2, 0.25) is 0 Å². The summed E-state index contributed by atoms with van der Waals surface area (Å²) in [5.41, 5.74) is 0. The molecule has 1 fully saturated rings. The predicted octanol–water partition coefficient (Wildman–Crippen LogP) is 11.6. The van der Waals surface area contributed by atoms with Crippen LogP contribution in [0.5, 0.6) is 0 Å². The highest BCUT2D eigenvalue weighted by Gasteiger charge is 2.51. The molecule has 0 radical (unpaired) electrons. The van der Waals surface area contributed by atoms with E-state index in [0.29, 0.717) is 6.42 Å². The maximum atomic E-state index is 13.0. The molecule has 65 heavy (non-hydrogen) atoms. The molecule has 9 atom stereocenters. The summed E-state index contributed by atoms with van der Waals surface area (Å²) in [6.07, 6.45) is 37.2. The van der Waals surface area contributed by atoms with E-state index in [2.05, 4.69) is 19.2 Å². The minimum Gasteiger partial charge on any atom is -0.387 e. The molecule has 1 aliphatic rings. The second-order valence-electron chi connectivity index (χ2n) is 19.4. The second kappa shape index (κ2) is 42.0. The van der Waals surface area contributed by atoms with Gasteiger partial charge in [0.2, 0.25) is 5.91 Å². The van der Waals surface area contributed by atoms with Crippen LogP contribution in [0.15, 0.2) is 12.2 Å². The van der Waals surface area contributed by atoms with Gasteiger partial charge in [0.15, 0.2) is 0 Å². The Labute approximate surface area is 397 Å². The molecule has 386 valence electrons. The van der Waals surface area contributed by atoms with Gasteiger partial charge in [-0.2, -0.15) is 0 Å². The van der Waals surface area contributed by atoms with Crippen LogP contribution in [0.3, 0.4) is 0 Å². The lowest BCUT2D eigenvalue weighted by molar-refractivity contribution is -0.220. The van der Waals surface area contributed by atoms with Gasteiger partial charge in [-0.1, -0.05) is 244 Å². The van der Waals surface area contributed by atoms with Gasteiger partial charge in [-0.3, -0.25) is 13.8 Å². The van der Waals surface area contributed by atoms with Crippen molar-refractivity contribution in [2.75, 3.05) is 6.61 Å². The number of phosphoric acid groups is 1. The number of hydrogen-bond acceptors (Lipinski definition) is 10. The Balaban J connectivity index is 2.34. The van der Waals surface area contributed by atoms with Gasteiger partial charge in [0.05, 0.1) is 18.8 Å². The number of aliphatic hydroxyl groups excluding tert-OH is 6. The maximum Gasteiger partial charge on any atom is 0.472 e. The van der Waals surface area contributed by atoms with Crippen LogP contribution < -0.4 is 5.32 Å². The molecule has 0 aromatic carbocycles. The zero-order valence-electron chi connectivity index (χ0n) is 41.6. The number of phosphoric ester groups is 1. The Morgan fingerprint density at radius 2 is 0.815 bits per heavy atom. The van der Waals surface area contributed by atoms with Crippen molar-refractivity contribution in [1.29, 1.82) is 0 Å². The van der Waals surface area contributed by atoms with Gasteiger partial charge in [-0.15, -0.1) is 0 Å². The summed E-state index contributed by atoms with van der Waals surface area (Å²) >= 11 is 0. The number of carbonyl (C=O) groups is 1. The fraction of sp³-hybridized carbons (Fsp3) is 0.942. The lowest BCUT2D eigenvalue weighted by Crippen LogP contribution is -2.64. The highest BCUT2D eigenvalue weighted by molar-refractivity contribution is 7.47. The molecule has 0 heterocycles. The van der Waals surface area contributed by atoms with E-state index in [1.54, 1.807) is 6.08 Å². The van der Waals surface area contributed by atoms with E-state index in [9.17, 15) is 44.9 Å². The van der Waals surface area contributed by atoms with E-state index in [-0.39, 0.29) is 12.3 Å². The van der Waals surface area contributed by atoms with Crippen LogP contribution in [0, 0.1) is 0 Å². The standard InChI is InChI=1S/C52H102NO11P/c1-3-5-7-9-11-13-15-17-19-20-21-22-23-24-25-26-27-28-30-32-34-36-38-40-42-46(55)53-44(43-63-65(61,62)64-52-50(59)48(57)47(56)49(58)51(52)60)45(54)41-39-37-35-33-31-29-18-16-14-12-10-8-6-4-2/h39,41,44-45,47-52,54,56-60H,3-38,40,42-43H2,1-2H3,(H,53,55)(H,61,62)/b41-39+/t44-,45+,47?,48+,49?,50?,51?,52?/m0/s1. The van der Waals surface area contributed by atoms with E-state index in [0.717, 1.165) is 44.9 Å². The number of nitrogens with one attached hydrogen (secondary N) is 1. The van der Waals surface area contributed by atoms with Gasteiger partial charge < -0.3 is 40.8 Å². The smallest absolute Gasteiger partial charge is 0.387 e. The van der Waals surface area contributed by atoms with Crippen molar-refractivity contribution < 1.29 is 53.9 Å². The Hall–Kier alpha value is -0.920. The number of rotatable bonds is 46. The minimum absolute atomic E-state index is 0.219. The quantitative estimate of drug-likeness (QED) is 0.0164. The number of amides is 1. The number of hydrogen-bond donors (Lipinski definition) is 8. The first-order chi connectivity index (χ1) is 31.4. The Morgan fingerprint density at radius 1 is 0.508 bits per heavy atom. The van der Waals surface area contributed by atoms with E-state index in [1.807, 2.05) is 6.08 Å². The van der Waals surface area contributed by atoms with E-state index >= 15 is 0 Å². The molecule has 0 aromatic heterocycles. The number of carbonyl (C=O) groups excluding carboxylic acids is 1. The molecule has 0 aliphatic heterocycles. The monoisotopic (exact) mass is 948 g/mol. The van der Waals surface area contributed by atoms with Gasteiger partial charge in [-0.05, 0) is 19.3 Å². The highest BCUT2D eigenvalue weighted by atomic mass is 31.2. The SMILES string of the molecule is CCCCCCCCCCCCCC/C=C/[C@@H](O)[C@H](COP(=O)(O)OC1C(O)C(O)C(O)[C@@H](O)C1O)NC(=O)CCCCCCCCCCCCCCCCCCCCCCCCCC. The zero-order chi connectivity index (χ0) is 47.8. The molecule has 8 N–H and O–H groups in total. The Kier molecular flexibility index (Phi) is 40.1. The number of unbranched alkanes of at least 4 members (excludes halogenated alkanes) is 35. The largest absolute Gasteiger partial charge is 0.472 e. The van der Waals surface area contributed by atoms with Crippen molar-refractivity contribution in [3.63, 3.8) is 0 Å². The first-order valence-electron chi connectivity index (χ1n) is 27.1. The summed E-state index contributed by atoms with van der Waals surface area (Å²) in [6.45, 7) is 3.87. The Bertz CT molecular complexity index is 1150. The molecule has 6 unspecified atom stereocenters. The van der Waals surface area contributed by atoms with Gasteiger partial charge in [0.25, 0.3) is 0 Å². The van der Waals surface area contributed by atoms with Crippen LogP contribution in [0.4, 0.5) is 0 Å². The third kappa shape index (κ3) is 33.3. The molecule has 1 aliphatic carbocycles. The third-order valence-electron chi connectivity index (χ3n) is 13.3. The van der Waals surface area contributed by atoms with Crippen molar-refractivity contribution in [3.8, 4) is 0 Å². The molecule has 0 saturated heterocycles. The van der Waals surface area contributed by atoms with Crippen molar-refractivity contribution in [3.05, 3.63) is 12.2 Å². The van der Waals surface area contributed by atoms with E-state index in [4.69, 9.17) is 9.05 Å². The topological polar surface area (TPSA) is 206 Å². The van der Waals surface area contributed by atoms with Crippen LogP contribution >= 0.6 is 7.82 Å². The molecule has 0 aromatic rings.